The number of thioether (sulfide) groups is 1. The summed E-state index contributed by atoms with van der Waals surface area (Å²) in [4.78, 5) is 22.9. The molecule has 5 nitrogen and oxygen atoms in total. The van der Waals surface area contributed by atoms with E-state index in [1.165, 1.54) is 4.90 Å². The van der Waals surface area contributed by atoms with Crippen LogP contribution in [0.15, 0.2) is 53.4 Å². The highest BCUT2D eigenvalue weighted by atomic mass is 35.5. The van der Waals surface area contributed by atoms with Crippen LogP contribution < -0.4 is 9.64 Å². The molecule has 0 saturated heterocycles. The summed E-state index contributed by atoms with van der Waals surface area (Å²) in [6.07, 6.45) is 0.473. The molecule has 0 N–H and O–H groups in total. The zero-order chi connectivity index (χ0) is 20.6. The van der Waals surface area contributed by atoms with Crippen molar-refractivity contribution in [1.29, 1.82) is 0 Å². The predicted molar refractivity (Wildman–Crippen MR) is 131 cm³/mol. The quantitative estimate of drug-likeness (QED) is 0.385. The molecule has 3 rings (SSSR count). The number of nitrogens with zero attached hydrogens (tertiary/aromatic N) is 3. The molecule has 0 aliphatic heterocycles. The van der Waals surface area contributed by atoms with Crippen LogP contribution in [0.3, 0.4) is 0 Å². The summed E-state index contributed by atoms with van der Waals surface area (Å²) in [5.41, 5.74) is 0.829. The van der Waals surface area contributed by atoms with E-state index in [4.69, 9.17) is 9.72 Å². The molecule has 0 spiro atoms. The summed E-state index contributed by atoms with van der Waals surface area (Å²) in [6, 6.07) is 16.1. The fourth-order valence-corrected chi connectivity index (χ4v) is 4.72. The smallest absolute Gasteiger partial charge is 0.229 e. The highest BCUT2D eigenvalue weighted by molar-refractivity contribution is 7.99. The maximum atomic E-state index is 13.1. The average molecular weight is 466 g/mol. The highest BCUT2D eigenvalue weighted by Gasteiger charge is 2.21. The third-order valence-corrected chi connectivity index (χ3v) is 6.36. The molecule has 1 amide bonds. The van der Waals surface area contributed by atoms with Gasteiger partial charge in [0.25, 0.3) is 0 Å². The van der Waals surface area contributed by atoms with Crippen LogP contribution in [0.4, 0.5) is 5.13 Å². The summed E-state index contributed by atoms with van der Waals surface area (Å²) >= 11 is 3.25. The number of amides is 1. The zero-order valence-electron chi connectivity index (χ0n) is 17.5. The average Bonchev–Trinajstić information content (AvgIpc) is 3.14. The summed E-state index contributed by atoms with van der Waals surface area (Å²) in [5, 5.41) is 0.740. The summed E-state index contributed by atoms with van der Waals surface area (Å²) in [7, 11) is 4.03. The molecule has 30 heavy (non-hydrogen) atoms. The topological polar surface area (TPSA) is 45.7 Å². The largest absolute Gasteiger partial charge is 0.492 e. The Kier molecular flexibility index (Phi) is 9.91. The van der Waals surface area contributed by atoms with Crippen LogP contribution in [-0.2, 0) is 4.79 Å². The molecule has 162 valence electrons. The van der Waals surface area contributed by atoms with E-state index in [-0.39, 0.29) is 18.3 Å². The molecular formula is C22H28ClN3O2S2. The number of fused-ring (bicyclic) bond motifs is 1. The second-order valence-corrected chi connectivity index (χ2v) is 8.97. The van der Waals surface area contributed by atoms with Crippen molar-refractivity contribution in [2.24, 2.45) is 0 Å². The van der Waals surface area contributed by atoms with Gasteiger partial charge in [-0.1, -0.05) is 35.6 Å². The van der Waals surface area contributed by atoms with Crippen LogP contribution >= 0.6 is 35.5 Å². The SMILES string of the molecule is CCOc1cccc2sc(N(CCN(C)C)C(=O)CCSc3ccccc3)nc12.Cl. The van der Waals surface area contributed by atoms with Gasteiger partial charge >= 0.3 is 0 Å². The first-order chi connectivity index (χ1) is 14.1. The fourth-order valence-electron chi connectivity index (χ4n) is 2.83. The molecule has 0 aliphatic carbocycles. The number of hydrogen-bond donors (Lipinski definition) is 0. The number of carbonyl (C=O) groups excluding carboxylic acids is 1. The molecule has 0 aliphatic rings. The number of thiazole rings is 1. The first kappa shape index (κ1) is 24.5. The van der Waals surface area contributed by atoms with Crippen molar-refractivity contribution < 1.29 is 9.53 Å². The highest BCUT2D eigenvalue weighted by Crippen LogP contribution is 2.34. The van der Waals surface area contributed by atoms with Crippen molar-refractivity contribution >= 4 is 56.8 Å². The van der Waals surface area contributed by atoms with Gasteiger partial charge in [0.2, 0.25) is 5.91 Å². The van der Waals surface area contributed by atoms with E-state index >= 15 is 0 Å². The van der Waals surface area contributed by atoms with Gasteiger partial charge in [0.05, 0.1) is 11.3 Å². The van der Waals surface area contributed by atoms with Gasteiger partial charge in [-0.3, -0.25) is 9.69 Å². The number of likely N-dealkylation sites (N-methyl/N-ethyl adjacent to an activating group) is 1. The molecule has 2 aromatic carbocycles. The van der Waals surface area contributed by atoms with Gasteiger partial charge in [-0.15, -0.1) is 24.2 Å². The minimum absolute atomic E-state index is 0. The molecule has 1 aromatic heterocycles. The first-order valence-electron chi connectivity index (χ1n) is 9.73. The Morgan fingerprint density at radius 2 is 1.87 bits per heavy atom. The first-order valence-corrected chi connectivity index (χ1v) is 11.5. The Hall–Kier alpha value is -1.80. The van der Waals surface area contributed by atoms with Crippen molar-refractivity contribution in [2.75, 3.05) is 44.4 Å². The molecule has 0 fully saturated rings. The molecule has 3 aromatic rings. The Morgan fingerprint density at radius 3 is 2.57 bits per heavy atom. The van der Waals surface area contributed by atoms with Gasteiger partial charge in [-0.25, -0.2) is 4.98 Å². The number of carbonyl (C=O) groups is 1. The van der Waals surface area contributed by atoms with Crippen LogP contribution in [0.1, 0.15) is 13.3 Å². The Bertz CT molecular complexity index is 935. The lowest BCUT2D eigenvalue weighted by Gasteiger charge is -2.22. The standard InChI is InChI=1S/C22H27N3O2S2.ClH/c1-4-27-18-11-8-12-19-21(18)23-22(29-19)25(15-14-24(2)3)20(26)13-16-28-17-9-6-5-7-10-17;/h5-12H,4,13-16H2,1-3H3;1H. The van der Waals surface area contributed by atoms with Gasteiger partial charge in [0.1, 0.15) is 11.3 Å². The lowest BCUT2D eigenvalue weighted by molar-refractivity contribution is -0.118. The van der Waals surface area contributed by atoms with Gasteiger partial charge in [-0.2, -0.15) is 0 Å². The number of para-hydroxylation sites is 1. The van der Waals surface area contributed by atoms with Gasteiger partial charge < -0.3 is 9.64 Å². The Labute approximate surface area is 192 Å². The third-order valence-electron chi connectivity index (χ3n) is 4.30. The molecule has 0 radical (unpaired) electrons. The Morgan fingerprint density at radius 1 is 1.10 bits per heavy atom. The fraction of sp³-hybridized carbons (Fsp3) is 0.364. The van der Waals surface area contributed by atoms with E-state index in [1.54, 1.807) is 23.1 Å². The van der Waals surface area contributed by atoms with Crippen LogP contribution in [0.2, 0.25) is 0 Å². The molecular weight excluding hydrogens is 438 g/mol. The van der Waals surface area contributed by atoms with Crippen LogP contribution in [-0.4, -0.2) is 55.3 Å². The molecule has 0 saturated carbocycles. The van der Waals surface area contributed by atoms with E-state index in [0.717, 1.165) is 33.4 Å². The number of rotatable bonds is 10. The minimum atomic E-state index is 0. The lowest BCUT2D eigenvalue weighted by atomic mass is 10.3. The lowest BCUT2D eigenvalue weighted by Crippen LogP contribution is -2.36. The number of aromatic nitrogens is 1. The van der Waals surface area contributed by atoms with Gasteiger partial charge in [0.15, 0.2) is 5.13 Å². The normalized spacial score (nSPS) is 10.8. The number of hydrogen-bond acceptors (Lipinski definition) is 6. The van der Waals surface area contributed by atoms with Gasteiger partial charge in [-0.05, 0) is 45.3 Å². The van der Waals surface area contributed by atoms with E-state index in [1.807, 2.05) is 62.3 Å². The van der Waals surface area contributed by atoms with Crippen LogP contribution in [0, 0.1) is 0 Å². The molecule has 0 bridgehead atoms. The van der Waals surface area contributed by atoms with E-state index in [2.05, 4.69) is 17.0 Å². The maximum Gasteiger partial charge on any atom is 0.229 e. The van der Waals surface area contributed by atoms with Crippen molar-refractivity contribution in [2.45, 2.75) is 18.2 Å². The number of ether oxygens (including phenoxy) is 1. The second-order valence-electron chi connectivity index (χ2n) is 6.79. The van der Waals surface area contributed by atoms with Crippen LogP contribution in [0.25, 0.3) is 10.2 Å². The van der Waals surface area contributed by atoms with Gasteiger partial charge in [0, 0.05) is 30.2 Å². The zero-order valence-corrected chi connectivity index (χ0v) is 20.0. The van der Waals surface area contributed by atoms with E-state index < -0.39 is 0 Å². The van der Waals surface area contributed by atoms with E-state index in [9.17, 15) is 4.79 Å². The molecule has 1 heterocycles. The second kappa shape index (κ2) is 12.2. The number of benzene rings is 2. The van der Waals surface area contributed by atoms with Crippen molar-refractivity contribution in [1.82, 2.24) is 9.88 Å². The summed E-state index contributed by atoms with van der Waals surface area (Å²) < 4.78 is 6.75. The van der Waals surface area contributed by atoms with E-state index in [0.29, 0.717) is 19.6 Å². The van der Waals surface area contributed by atoms with Crippen LogP contribution in [0.5, 0.6) is 5.75 Å². The maximum absolute atomic E-state index is 13.1. The van der Waals surface area contributed by atoms with Crippen molar-refractivity contribution in [3.05, 3.63) is 48.5 Å². The predicted octanol–water partition coefficient (Wildman–Crippen LogP) is 5.19. The number of anilines is 1. The summed E-state index contributed by atoms with van der Waals surface area (Å²) in [6.45, 7) is 3.95. The number of halogens is 1. The minimum Gasteiger partial charge on any atom is -0.492 e. The Balaban J connectivity index is 0.00000320. The monoisotopic (exact) mass is 465 g/mol. The van der Waals surface area contributed by atoms with Crippen molar-refractivity contribution in [3.63, 3.8) is 0 Å². The molecule has 8 heteroatoms. The molecule has 0 unspecified atom stereocenters. The van der Waals surface area contributed by atoms with Crippen molar-refractivity contribution in [3.8, 4) is 5.75 Å². The summed E-state index contributed by atoms with van der Waals surface area (Å²) in [5.74, 6) is 1.62. The molecule has 0 atom stereocenters. The third kappa shape index (κ3) is 6.60.